The van der Waals surface area contributed by atoms with Crippen LogP contribution in [0.1, 0.15) is 38.1 Å². The molecule has 0 bridgehead atoms. The number of benzene rings is 1. The van der Waals surface area contributed by atoms with E-state index in [9.17, 15) is 9.90 Å². The van der Waals surface area contributed by atoms with E-state index in [-0.39, 0.29) is 17.2 Å². The summed E-state index contributed by atoms with van der Waals surface area (Å²) < 4.78 is 0. The highest BCUT2D eigenvalue weighted by Gasteiger charge is 2.10. The highest BCUT2D eigenvalue weighted by atomic mass is 16.3. The zero-order chi connectivity index (χ0) is 17.2. The topological polar surface area (TPSA) is 85.8 Å². The van der Waals surface area contributed by atoms with Crippen molar-refractivity contribution in [3.05, 3.63) is 29.8 Å². The molecule has 6 nitrogen and oxygen atoms in total. The SMILES string of the molecule is CCNC(=NCCNC(=O)c1ccccc1O)NC(C)C(C)C. The van der Waals surface area contributed by atoms with Gasteiger partial charge in [-0.1, -0.05) is 26.0 Å². The minimum Gasteiger partial charge on any atom is -0.507 e. The average Bonchev–Trinajstić information content (AvgIpc) is 2.51. The maximum Gasteiger partial charge on any atom is 0.255 e. The van der Waals surface area contributed by atoms with Gasteiger partial charge in [-0.25, -0.2) is 0 Å². The molecule has 4 N–H and O–H groups in total. The number of nitrogens with zero attached hydrogens (tertiary/aromatic N) is 1. The summed E-state index contributed by atoms with van der Waals surface area (Å²) in [6.45, 7) is 10.1. The number of nitrogens with one attached hydrogen (secondary N) is 3. The number of aromatic hydroxyl groups is 1. The quantitative estimate of drug-likeness (QED) is 0.350. The van der Waals surface area contributed by atoms with Crippen molar-refractivity contribution in [2.45, 2.75) is 33.7 Å². The molecule has 1 aromatic rings. The number of para-hydroxylation sites is 1. The van der Waals surface area contributed by atoms with Gasteiger partial charge >= 0.3 is 0 Å². The molecule has 0 radical (unpaired) electrons. The molecule has 1 rings (SSSR count). The molecule has 0 aliphatic carbocycles. The van der Waals surface area contributed by atoms with Crippen LogP contribution in [0.3, 0.4) is 0 Å². The van der Waals surface area contributed by atoms with Crippen LogP contribution in [0.2, 0.25) is 0 Å². The van der Waals surface area contributed by atoms with E-state index in [2.05, 4.69) is 41.7 Å². The van der Waals surface area contributed by atoms with Gasteiger partial charge in [0.15, 0.2) is 5.96 Å². The van der Waals surface area contributed by atoms with Crippen LogP contribution in [-0.4, -0.2) is 42.6 Å². The smallest absolute Gasteiger partial charge is 0.255 e. The molecule has 0 aromatic heterocycles. The second-order valence-corrected chi connectivity index (χ2v) is 5.71. The lowest BCUT2D eigenvalue weighted by atomic mass is 10.1. The van der Waals surface area contributed by atoms with Gasteiger partial charge in [-0.05, 0) is 31.9 Å². The van der Waals surface area contributed by atoms with Gasteiger partial charge in [-0.15, -0.1) is 0 Å². The Morgan fingerprint density at radius 1 is 1.22 bits per heavy atom. The fourth-order valence-electron chi connectivity index (χ4n) is 1.80. The van der Waals surface area contributed by atoms with Gasteiger partial charge in [0.05, 0.1) is 12.1 Å². The van der Waals surface area contributed by atoms with Crippen molar-refractivity contribution in [2.75, 3.05) is 19.6 Å². The molecule has 0 spiro atoms. The molecule has 23 heavy (non-hydrogen) atoms. The predicted molar refractivity (Wildman–Crippen MR) is 93.9 cm³/mol. The van der Waals surface area contributed by atoms with E-state index in [1.54, 1.807) is 18.2 Å². The Bertz CT molecular complexity index is 529. The number of amides is 1. The average molecular weight is 320 g/mol. The molecule has 0 heterocycles. The van der Waals surface area contributed by atoms with Crippen LogP contribution in [0, 0.1) is 5.92 Å². The Labute approximate surface area is 138 Å². The maximum absolute atomic E-state index is 12.0. The van der Waals surface area contributed by atoms with Crippen molar-refractivity contribution in [2.24, 2.45) is 10.9 Å². The first-order valence-corrected chi connectivity index (χ1v) is 8.06. The summed E-state index contributed by atoms with van der Waals surface area (Å²) in [5.74, 6) is 0.922. The molecule has 6 heteroatoms. The molecule has 0 saturated heterocycles. The van der Waals surface area contributed by atoms with Crippen LogP contribution in [0.15, 0.2) is 29.3 Å². The molecule has 0 fully saturated rings. The number of rotatable bonds is 7. The number of aliphatic imine (C=N–C) groups is 1. The number of hydrogen-bond acceptors (Lipinski definition) is 3. The lowest BCUT2D eigenvalue weighted by Crippen LogP contribution is -2.44. The Balaban J connectivity index is 2.48. The molecule has 0 saturated carbocycles. The van der Waals surface area contributed by atoms with Crippen LogP contribution in [0.4, 0.5) is 0 Å². The largest absolute Gasteiger partial charge is 0.507 e. The van der Waals surface area contributed by atoms with Gasteiger partial charge in [0.25, 0.3) is 5.91 Å². The summed E-state index contributed by atoms with van der Waals surface area (Å²) in [5, 5.41) is 18.9. The van der Waals surface area contributed by atoms with Crippen LogP contribution in [0.25, 0.3) is 0 Å². The second-order valence-electron chi connectivity index (χ2n) is 5.71. The van der Waals surface area contributed by atoms with E-state index in [4.69, 9.17) is 0 Å². The molecule has 0 aliphatic rings. The van der Waals surface area contributed by atoms with Gasteiger partial charge < -0.3 is 21.1 Å². The molecule has 1 amide bonds. The summed E-state index contributed by atoms with van der Waals surface area (Å²) in [5.41, 5.74) is 0.273. The lowest BCUT2D eigenvalue weighted by molar-refractivity contribution is 0.0952. The first kappa shape index (κ1) is 18.8. The maximum atomic E-state index is 12.0. The number of hydrogen-bond donors (Lipinski definition) is 4. The van der Waals surface area contributed by atoms with E-state index in [1.807, 2.05) is 6.92 Å². The summed E-state index contributed by atoms with van der Waals surface area (Å²) >= 11 is 0. The lowest BCUT2D eigenvalue weighted by Gasteiger charge is -2.20. The number of carbonyl (C=O) groups is 1. The molecule has 1 aromatic carbocycles. The van der Waals surface area contributed by atoms with Gasteiger partial charge in [-0.2, -0.15) is 0 Å². The minimum atomic E-state index is -0.299. The van der Waals surface area contributed by atoms with Crippen LogP contribution in [-0.2, 0) is 0 Å². The summed E-state index contributed by atoms with van der Waals surface area (Å²) in [7, 11) is 0. The van der Waals surface area contributed by atoms with E-state index >= 15 is 0 Å². The van der Waals surface area contributed by atoms with Crippen molar-refractivity contribution in [1.82, 2.24) is 16.0 Å². The highest BCUT2D eigenvalue weighted by molar-refractivity contribution is 5.96. The van der Waals surface area contributed by atoms with E-state index < -0.39 is 0 Å². The third-order valence-electron chi connectivity index (χ3n) is 3.52. The minimum absolute atomic E-state index is 0.0192. The summed E-state index contributed by atoms with van der Waals surface area (Å²) in [4.78, 5) is 16.4. The molecule has 0 aliphatic heterocycles. The van der Waals surface area contributed by atoms with Crippen molar-refractivity contribution in [3.63, 3.8) is 0 Å². The Kier molecular flexibility index (Phi) is 7.94. The van der Waals surface area contributed by atoms with E-state index in [1.165, 1.54) is 6.07 Å². The van der Waals surface area contributed by atoms with Crippen LogP contribution < -0.4 is 16.0 Å². The summed E-state index contributed by atoms with van der Waals surface area (Å²) in [6, 6.07) is 6.79. The zero-order valence-electron chi connectivity index (χ0n) is 14.4. The first-order chi connectivity index (χ1) is 11.0. The van der Waals surface area contributed by atoms with Gasteiger partial charge in [-0.3, -0.25) is 9.79 Å². The van der Waals surface area contributed by atoms with Crippen molar-refractivity contribution >= 4 is 11.9 Å². The normalized spacial score (nSPS) is 12.8. The molecular formula is C17H28N4O2. The Morgan fingerprint density at radius 2 is 1.91 bits per heavy atom. The molecule has 1 unspecified atom stereocenters. The third kappa shape index (κ3) is 6.59. The monoisotopic (exact) mass is 320 g/mol. The van der Waals surface area contributed by atoms with E-state index in [0.717, 1.165) is 12.5 Å². The van der Waals surface area contributed by atoms with E-state index in [0.29, 0.717) is 25.0 Å². The van der Waals surface area contributed by atoms with Crippen molar-refractivity contribution < 1.29 is 9.90 Å². The Hall–Kier alpha value is -2.24. The molecule has 128 valence electrons. The predicted octanol–water partition coefficient (Wildman–Crippen LogP) is 1.72. The third-order valence-corrected chi connectivity index (χ3v) is 3.52. The van der Waals surface area contributed by atoms with Gasteiger partial charge in [0, 0.05) is 19.1 Å². The second kappa shape index (κ2) is 9.71. The zero-order valence-corrected chi connectivity index (χ0v) is 14.4. The van der Waals surface area contributed by atoms with Gasteiger partial charge in [0.1, 0.15) is 5.75 Å². The Morgan fingerprint density at radius 3 is 2.52 bits per heavy atom. The van der Waals surface area contributed by atoms with Crippen LogP contribution in [0.5, 0.6) is 5.75 Å². The van der Waals surface area contributed by atoms with Crippen LogP contribution >= 0.6 is 0 Å². The fraction of sp³-hybridized carbons (Fsp3) is 0.529. The highest BCUT2D eigenvalue weighted by Crippen LogP contribution is 2.14. The number of carbonyl (C=O) groups excluding carboxylic acids is 1. The van der Waals surface area contributed by atoms with Crippen molar-refractivity contribution in [3.8, 4) is 5.75 Å². The van der Waals surface area contributed by atoms with Crippen molar-refractivity contribution in [1.29, 1.82) is 0 Å². The molecular weight excluding hydrogens is 292 g/mol. The fourth-order valence-corrected chi connectivity index (χ4v) is 1.80. The summed E-state index contributed by atoms with van der Waals surface area (Å²) in [6.07, 6.45) is 0. The van der Waals surface area contributed by atoms with Gasteiger partial charge in [0.2, 0.25) is 0 Å². The standard InChI is InChI=1S/C17H28N4O2/c1-5-18-17(21-13(4)12(2)3)20-11-10-19-16(23)14-8-6-7-9-15(14)22/h6-9,12-13,22H,5,10-11H2,1-4H3,(H,19,23)(H2,18,20,21). The number of phenolic OH excluding ortho intramolecular Hbond substituents is 1. The number of phenols is 1. The number of guanidine groups is 1. The molecule has 1 atom stereocenters. The first-order valence-electron chi connectivity index (χ1n) is 8.06.